The van der Waals surface area contributed by atoms with Gasteiger partial charge in [-0.3, -0.25) is 0 Å². The first-order valence-electron chi connectivity index (χ1n) is 5.47. The average molecular weight is 266 g/mol. The topological polar surface area (TPSA) is 46.0 Å². The molecule has 0 fully saturated rings. The van der Waals surface area contributed by atoms with E-state index in [2.05, 4.69) is 9.36 Å². The van der Waals surface area contributed by atoms with Crippen LogP contribution in [-0.4, -0.2) is 14.5 Å². The molecule has 0 spiro atoms. The highest BCUT2D eigenvalue weighted by Crippen LogP contribution is 2.29. The molecule has 1 aromatic heterocycles. The molecule has 17 heavy (non-hydrogen) atoms. The minimum atomic E-state index is -0.415. The third-order valence-electron chi connectivity index (χ3n) is 2.33. The van der Waals surface area contributed by atoms with E-state index in [4.69, 9.17) is 0 Å². The van der Waals surface area contributed by atoms with Gasteiger partial charge in [0, 0.05) is 11.3 Å². The SMILES string of the molecule is CCc1nsc(Sc2ccc([C@@H](C)O)cc2)n1. The molecule has 1 N–H and O–H groups in total. The van der Waals surface area contributed by atoms with Gasteiger partial charge in [-0.2, -0.15) is 4.37 Å². The molecule has 0 unspecified atom stereocenters. The van der Waals surface area contributed by atoms with Crippen molar-refractivity contribution in [3.8, 4) is 0 Å². The summed E-state index contributed by atoms with van der Waals surface area (Å²) >= 11 is 3.04. The van der Waals surface area contributed by atoms with Crippen LogP contribution >= 0.6 is 23.3 Å². The van der Waals surface area contributed by atoms with Gasteiger partial charge in [-0.05, 0) is 36.2 Å². The second-order valence-corrected chi connectivity index (χ2v) is 5.75. The number of rotatable bonds is 4. The second-order valence-electron chi connectivity index (χ2n) is 3.68. The molecule has 0 amide bonds. The second kappa shape index (κ2) is 5.62. The Balaban J connectivity index is 2.08. The van der Waals surface area contributed by atoms with Crippen LogP contribution in [0.2, 0.25) is 0 Å². The predicted octanol–water partition coefficient (Wildman–Crippen LogP) is 3.31. The van der Waals surface area contributed by atoms with E-state index in [-0.39, 0.29) is 0 Å². The maximum absolute atomic E-state index is 9.41. The van der Waals surface area contributed by atoms with Crippen LogP contribution in [0.25, 0.3) is 0 Å². The normalized spacial score (nSPS) is 12.6. The van der Waals surface area contributed by atoms with E-state index in [0.717, 1.165) is 27.0 Å². The van der Waals surface area contributed by atoms with Crippen LogP contribution in [-0.2, 0) is 6.42 Å². The summed E-state index contributed by atoms with van der Waals surface area (Å²) in [6.07, 6.45) is 0.458. The van der Waals surface area contributed by atoms with Crippen LogP contribution in [0.1, 0.15) is 31.3 Å². The van der Waals surface area contributed by atoms with Crippen molar-refractivity contribution < 1.29 is 5.11 Å². The fourth-order valence-electron chi connectivity index (χ4n) is 1.34. The summed E-state index contributed by atoms with van der Waals surface area (Å²) in [6, 6.07) is 7.88. The number of aromatic nitrogens is 2. The Kier molecular flexibility index (Phi) is 4.15. The van der Waals surface area contributed by atoms with Crippen molar-refractivity contribution in [2.24, 2.45) is 0 Å². The summed E-state index contributed by atoms with van der Waals surface area (Å²) in [7, 11) is 0. The quantitative estimate of drug-likeness (QED) is 0.922. The first kappa shape index (κ1) is 12.5. The number of aliphatic hydroxyl groups is 1. The van der Waals surface area contributed by atoms with Crippen molar-refractivity contribution in [1.82, 2.24) is 9.36 Å². The maximum Gasteiger partial charge on any atom is 0.174 e. The molecular formula is C12H14N2OS2. The number of hydrogen-bond donors (Lipinski definition) is 1. The van der Waals surface area contributed by atoms with Crippen molar-refractivity contribution in [3.05, 3.63) is 35.7 Å². The maximum atomic E-state index is 9.41. The predicted molar refractivity (Wildman–Crippen MR) is 70.5 cm³/mol. The summed E-state index contributed by atoms with van der Waals surface area (Å²) in [4.78, 5) is 5.52. The van der Waals surface area contributed by atoms with Gasteiger partial charge in [-0.1, -0.05) is 30.8 Å². The van der Waals surface area contributed by atoms with Crippen molar-refractivity contribution in [1.29, 1.82) is 0 Å². The highest BCUT2D eigenvalue weighted by Gasteiger charge is 2.05. The molecule has 0 radical (unpaired) electrons. The summed E-state index contributed by atoms with van der Waals surface area (Å²) < 4.78 is 5.21. The van der Waals surface area contributed by atoms with Gasteiger partial charge in [-0.25, -0.2) is 4.98 Å². The third-order valence-corrected chi connectivity index (χ3v) is 4.13. The van der Waals surface area contributed by atoms with Crippen molar-refractivity contribution in [2.45, 2.75) is 35.6 Å². The van der Waals surface area contributed by atoms with Gasteiger partial charge in [0.1, 0.15) is 5.82 Å². The minimum absolute atomic E-state index is 0.415. The molecule has 90 valence electrons. The molecule has 0 aliphatic carbocycles. The van der Waals surface area contributed by atoms with Crippen molar-refractivity contribution in [3.63, 3.8) is 0 Å². The Morgan fingerprint density at radius 1 is 1.35 bits per heavy atom. The van der Waals surface area contributed by atoms with E-state index in [1.165, 1.54) is 11.5 Å². The van der Waals surface area contributed by atoms with Gasteiger partial charge < -0.3 is 5.11 Å². The number of aryl methyl sites for hydroxylation is 1. The Labute approximate surface area is 109 Å². The number of aliphatic hydroxyl groups excluding tert-OH is 1. The largest absolute Gasteiger partial charge is 0.389 e. The van der Waals surface area contributed by atoms with E-state index in [1.807, 2.05) is 31.2 Å². The molecule has 0 saturated carbocycles. The average Bonchev–Trinajstić information content (AvgIpc) is 2.77. The van der Waals surface area contributed by atoms with Crippen LogP contribution in [0, 0.1) is 0 Å². The third kappa shape index (κ3) is 3.28. The molecule has 2 aromatic rings. The Morgan fingerprint density at radius 2 is 2.06 bits per heavy atom. The Hall–Kier alpha value is -0.910. The molecule has 0 saturated heterocycles. The zero-order valence-electron chi connectivity index (χ0n) is 9.75. The standard InChI is InChI=1S/C12H14N2OS2/c1-3-11-13-12(17-14-11)16-10-6-4-9(5-7-10)8(2)15/h4-8,15H,3H2,1-2H3/t8-/m1/s1. The zero-order chi connectivity index (χ0) is 12.3. The van der Waals surface area contributed by atoms with Gasteiger partial charge in [0.05, 0.1) is 6.10 Å². The van der Waals surface area contributed by atoms with Gasteiger partial charge >= 0.3 is 0 Å². The first-order chi connectivity index (χ1) is 8.19. The van der Waals surface area contributed by atoms with Crippen LogP contribution < -0.4 is 0 Å². The van der Waals surface area contributed by atoms with Gasteiger partial charge in [0.2, 0.25) is 0 Å². The van der Waals surface area contributed by atoms with E-state index in [9.17, 15) is 5.11 Å². The van der Waals surface area contributed by atoms with Gasteiger partial charge in [-0.15, -0.1) is 0 Å². The lowest BCUT2D eigenvalue weighted by Gasteiger charge is -2.04. The molecule has 2 rings (SSSR count). The van der Waals surface area contributed by atoms with E-state index in [0.29, 0.717) is 0 Å². The summed E-state index contributed by atoms with van der Waals surface area (Å²) in [6.45, 7) is 3.81. The molecule has 0 bridgehead atoms. The van der Waals surface area contributed by atoms with Crippen LogP contribution in [0.3, 0.4) is 0 Å². The highest BCUT2D eigenvalue weighted by atomic mass is 32.2. The first-order valence-corrected chi connectivity index (χ1v) is 7.06. The van der Waals surface area contributed by atoms with Crippen LogP contribution in [0.5, 0.6) is 0 Å². The zero-order valence-corrected chi connectivity index (χ0v) is 11.4. The molecule has 1 aromatic carbocycles. The molecule has 1 atom stereocenters. The number of benzene rings is 1. The summed E-state index contributed by atoms with van der Waals surface area (Å²) in [5, 5.41) is 9.41. The van der Waals surface area contributed by atoms with Gasteiger partial charge in [0.15, 0.2) is 4.34 Å². The molecule has 5 heteroatoms. The van der Waals surface area contributed by atoms with E-state index in [1.54, 1.807) is 18.7 Å². The van der Waals surface area contributed by atoms with Crippen LogP contribution in [0.15, 0.2) is 33.5 Å². The van der Waals surface area contributed by atoms with Crippen molar-refractivity contribution in [2.75, 3.05) is 0 Å². The molecular weight excluding hydrogens is 252 g/mol. The summed E-state index contributed by atoms with van der Waals surface area (Å²) in [5.41, 5.74) is 0.931. The Bertz CT molecular complexity index is 480. The minimum Gasteiger partial charge on any atom is -0.389 e. The number of nitrogens with zero attached hydrogens (tertiary/aromatic N) is 2. The number of hydrogen-bond acceptors (Lipinski definition) is 5. The summed E-state index contributed by atoms with van der Waals surface area (Å²) in [5.74, 6) is 0.901. The van der Waals surface area contributed by atoms with Crippen LogP contribution in [0.4, 0.5) is 0 Å². The lowest BCUT2D eigenvalue weighted by atomic mass is 10.1. The molecule has 3 nitrogen and oxygen atoms in total. The smallest absolute Gasteiger partial charge is 0.174 e. The Morgan fingerprint density at radius 3 is 2.59 bits per heavy atom. The van der Waals surface area contributed by atoms with Gasteiger partial charge in [0.25, 0.3) is 0 Å². The fraction of sp³-hybridized carbons (Fsp3) is 0.333. The molecule has 1 heterocycles. The monoisotopic (exact) mass is 266 g/mol. The highest BCUT2D eigenvalue weighted by molar-refractivity contribution is 8.01. The molecule has 0 aliphatic rings. The molecule has 0 aliphatic heterocycles. The fourth-order valence-corrected chi connectivity index (χ4v) is 3.01. The van der Waals surface area contributed by atoms with E-state index >= 15 is 0 Å². The lowest BCUT2D eigenvalue weighted by molar-refractivity contribution is 0.199. The lowest BCUT2D eigenvalue weighted by Crippen LogP contribution is -1.89. The van der Waals surface area contributed by atoms with Crippen molar-refractivity contribution >= 4 is 23.3 Å². The van der Waals surface area contributed by atoms with E-state index < -0.39 is 6.10 Å².